The van der Waals surface area contributed by atoms with E-state index in [1.54, 1.807) is 33.8 Å². The summed E-state index contributed by atoms with van der Waals surface area (Å²) < 4.78 is 23.6. The largest absolute Gasteiger partial charge is 0.223 e. The van der Waals surface area contributed by atoms with Gasteiger partial charge in [0.2, 0.25) is 0 Å². The third kappa shape index (κ3) is 4.12. The monoisotopic (exact) mass is 244 g/mol. The number of hydrogen-bond acceptors (Lipinski definition) is 2. The maximum absolute atomic E-state index is 12.2. The SMILES string of the molecule is C/C=C(\CCC=C(C)C)S(=O)(=O)C(C)(C)C. The Morgan fingerprint density at radius 3 is 2.00 bits per heavy atom. The van der Waals surface area contributed by atoms with Crippen LogP contribution < -0.4 is 0 Å². The second kappa shape index (κ2) is 5.67. The fourth-order valence-electron chi connectivity index (χ4n) is 1.33. The third-order valence-electron chi connectivity index (χ3n) is 2.42. The van der Waals surface area contributed by atoms with Crippen LogP contribution in [0.3, 0.4) is 0 Å². The van der Waals surface area contributed by atoms with Crippen LogP contribution in [0.4, 0.5) is 0 Å². The smallest absolute Gasteiger partial charge is 0.179 e. The molecule has 2 nitrogen and oxygen atoms in total. The molecule has 0 amide bonds. The summed E-state index contributed by atoms with van der Waals surface area (Å²) in [5.41, 5.74) is 1.23. The molecule has 0 spiro atoms. The van der Waals surface area contributed by atoms with Crippen LogP contribution in [0.1, 0.15) is 54.4 Å². The Bertz CT molecular complexity index is 375. The van der Waals surface area contributed by atoms with Crippen molar-refractivity contribution in [1.82, 2.24) is 0 Å². The molecule has 0 aromatic heterocycles. The first-order valence-electron chi connectivity index (χ1n) is 5.66. The molecule has 0 unspecified atom stereocenters. The molecule has 16 heavy (non-hydrogen) atoms. The molecule has 94 valence electrons. The fourth-order valence-corrected chi connectivity index (χ4v) is 2.81. The maximum Gasteiger partial charge on any atom is 0.179 e. The lowest BCUT2D eigenvalue weighted by atomic mass is 10.2. The summed E-state index contributed by atoms with van der Waals surface area (Å²) in [5, 5.41) is 0. The van der Waals surface area contributed by atoms with E-state index in [0.717, 1.165) is 6.42 Å². The fraction of sp³-hybridized carbons (Fsp3) is 0.692. The first-order chi connectivity index (χ1) is 7.13. The van der Waals surface area contributed by atoms with Gasteiger partial charge in [0.05, 0.1) is 4.75 Å². The number of sulfone groups is 1. The summed E-state index contributed by atoms with van der Waals surface area (Å²) >= 11 is 0. The van der Waals surface area contributed by atoms with Crippen LogP contribution in [0.2, 0.25) is 0 Å². The highest BCUT2D eigenvalue weighted by atomic mass is 32.2. The molecule has 0 rings (SSSR count). The maximum atomic E-state index is 12.2. The molecule has 0 saturated carbocycles. The standard InChI is InChI=1S/C13H24O2S/c1-7-12(10-8-9-11(2)3)16(14,15)13(4,5)6/h7,9H,8,10H2,1-6H3/b12-7+. The molecule has 0 aromatic carbocycles. The summed E-state index contributed by atoms with van der Waals surface area (Å²) in [6.07, 6.45) is 5.18. The molecule has 0 fully saturated rings. The quantitative estimate of drug-likeness (QED) is 0.704. The molecular formula is C13H24O2S. The van der Waals surface area contributed by atoms with E-state index in [4.69, 9.17) is 0 Å². The summed E-state index contributed by atoms with van der Waals surface area (Å²) in [5.74, 6) is 0. The first-order valence-corrected chi connectivity index (χ1v) is 7.14. The van der Waals surface area contributed by atoms with Gasteiger partial charge in [-0.3, -0.25) is 0 Å². The molecule has 0 radical (unpaired) electrons. The zero-order valence-electron chi connectivity index (χ0n) is 11.3. The number of hydrogen-bond donors (Lipinski definition) is 0. The molecule has 0 N–H and O–H groups in total. The Hall–Kier alpha value is -0.570. The van der Waals surface area contributed by atoms with Gasteiger partial charge in [-0.1, -0.05) is 17.7 Å². The molecule has 0 aliphatic rings. The van der Waals surface area contributed by atoms with Gasteiger partial charge in [-0.2, -0.15) is 0 Å². The zero-order chi connectivity index (χ0) is 13.0. The highest BCUT2D eigenvalue weighted by Gasteiger charge is 2.31. The highest BCUT2D eigenvalue weighted by molar-refractivity contribution is 7.96. The van der Waals surface area contributed by atoms with Crippen LogP contribution in [0.25, 0.3) is 0 Å². The van der Waals surface area contributed by atoms with E-state index < -0.39 is 14.6 Å². The predicted octanol–water partition coefficient (Wildman–Crippen LogP) is 3.85. The van der Waals surface area contributed by atoms with Crippen molar-refractivity contribution in [3.8, 4) is 0 Å². The van der Waals surface area contributed by atoms with Crippen LogP contribution in [0, 0.1) is 0 Å². The topological polar surface area (TPSA) is 34.1 Å². The van der Waals surface area contributed by atoms with Crippen molar-refractivity contribution in [2.75, 3.05) is 0 Å². The van der Waals surface area contributed by atoms with Crippen molar-refractivity contribution in [3.63, 3.8) is 0 Å². The summed E-state index contributed by atoms with van der Waals surface area (Å²) in [6.45, 7) is 11.1. The Labute approximate surface area is 100 Å². The van der Waals surface area contributed by atoms with Crippen LogP contribution in [0.5, 0.6) is 0 Å². The predicted molar refractivity (Wildman–Crippen MR) is 71.1 cm³/mol. The summed E-state index contributed by atoms with van der Waals surface area (Å²) in [6, 6.07) is 0. The van der Waals surface area contributed by atoms with Crippen molar-refractivity contribution in [3.05, 3.63) is 22.6 Å². The van der Waals surface area contributed by atoms with Crippen molar-refractivity contribution in [2.45, 2.75) is 59.1 Å². The van der Waals surface area contributed by atoms with Crippen molar-refractivity contribution >= 4 is 9.84 Å². The van der Waals surface area contributed by atoms with E-state index >= 15 is 0 Å². The van der Waals surface area contributed by atoms with E-state index in [9.17, 15) is 8.42 Å². The average molecular weight is 244 g/mol. The minimum Gasteiger partial charge on any atom is -0.223 e. The summed E-state index contributed by atoms with van der Waals surface area (Å²) in [7, 11) is -3.15. The molecule has 0 heterocycles. The van der Waals surface area contributed by atoms with Gasteiger partial charge in [-0.05, 0) is 54.4 Å². The average Bonchev–Trinajstić information content (AvgIpc) is 2.09. The van der Waals surface area contributed by atoms with Crippen LogP contribution in [-0.2, 0) is 9.84 Å². The van der Waals surface area contributed by atoms with Gasteiger partial charge >= 0.3 is 0 Å². The lowest BCUT2D eigenvalue weighted by molar-refractivity contribution is 0.565. The van der Waals surface area contributed by atoms with E-state index in [1.165, 1.54) is 5.57 Å². The molecular weight excluding hydrogens is 220 g/mol. The molecule has 0 aliphatic carbocycles. The van der Waals surface area contributed by atoms with Gasteiger partial charge in [-0.15, -0.1) is 0 Å². The molecule has 0 aromatic rings. The minimum atomic E-state index is -3.15. The second-order valence-corrected chi connectivity index (χ2v) is 7.95. The molecule has 0 saturated heterocycles. The van der Waals surface area contributed by atoms with Crippen molar-refractivity contribution in [1.29, 1.82) is 0 Å². The van der Waals surface area contributed by atoms with E-state index in [0.29, 0.717) is 11.3 Å². The number of allylic oxidation sites excluding steroid dienone is 4. The van der Waals surface area contributed by atoms with Gasteiger partial charge in [0.1, 0.15) is 0 Å². The molecule has 3 heteroatoms. The van der Waals surface area contributed by atoms with E-state index in [2.05, 4.69) is 6.08 Å². The van der Waals surface area contributed by atoms with E-state index in [-0.39, 0.29) is 0 Å². The van der Waals surface area contributed by atoms with Gasteiger partial charge in [-0.25, -0.2) is 8.42 Å². The van der Waals surface area contributed by atoms with Gasteiger partial charge in [0, 0.05) is 4.91 Å². The Morgan fingerprint density at radius 1 is 1.19 bits per heavy atom. The van der Waals surface area contributed by atoms with Crippen LogP contribution in [0.15, 0.2) is 22.6 Å². The lowest BCUT2D eigenvalue weighted by Gasteiger charge is -2.21. The Balaban J connectivity index is 4.86. The van der Waals surface area contributed by atoms with Crippen LogP contribution in [-0.4, -0.2) is 13.2 Å². The van der Waals surface area contributed by atoms with Crippen LogP contribution >= 0.6 is 0 Å². The lowest BCUT2D eigenvalue weighted by Crippen LogP contribution is -2.29. The Morgan fingerprint density at radius 2 is 1.69 bits per heavy atom. The summed E-state index contributed by atoms with van der Waals surface area (Å²) in [4.78, 5) is 0.553. The Kier molecular flexibility index (Phi) is 5.47. The first kappa shape index (κ1) is 15.4. The van der Waals surface area contributed by atoms with Crippen molar-refractivity contribution in [2.24, 2.45) is 0 Å². The highest BCUT2D eigenvalue weighted by Crippen LogP contribution is 2.26. The van der Waals surface area contributed by atoms with Gasteiger partial charge in [0.25, 0.3) is 0 Å². The molecule has 0 aliphatic heterocycles. The van der Waals surface area contributed by atoms with Gasteiger partial charge < -0.3 is 0 Å². The molecule has 0 atom stereocenters. The third-order valence-corrected chi connectivity index (χ3v) is 5.16. The zero-order valence-corrected chi connectivity index (χ0v) is 12.1. The van der Waals surface area contributed by atoms with E-state index in [1.807, 2.05) is 13.8 Å². The normalized spacial score (nSPS) is 13.8. The van der Waals surface area contributed by atoms with Gasteiger partial charge in [0.15, 0.2) is 9.84 Å². The second-order valence-electron chi connectivity index (χ2n) is 5.19. The van der Waals surface area contributed by atoms with Crippen molar-refractivity contribution < 1.29 is 8.42 Å². The molecule has 0 bridgehead atoms. The number of rotatable bonds is 4. The minimum absolute atomic E-state index is 0.553.